The number of hydrogen-bond acceptors (Lipinski definition) is 5. The number of likely N-dealkylation sites (N-methyl/N-ethyl adjacent to an activating group) is 1. The molecule has 0 bridgehead atoms. The fourth-order valence-corrected chi connectivity index (χ4v) is 2.66. The first-order chi connectivity index (χ1) is 9.47. The van der Waals surface area contributed by atoms with Gasteiger partial charge in [-0.2, -0.15) is 0 Å². The Bertz CT molecular complexity index is 382. The molecule has 2 fully saturated rings. The van der Waals surface area contributed by atoms with Crippen LogP contribution in [0.15, 0.2) is 0 Å². The first-order valence-electron chi connectivity index (χ1n) is 7.03. The fourth-order valence-electron chi connectivity index (χ4n) is 2.66. The van der Waals surface area contributed by atoms with Crippen LogP contribution in [0.2, 0.25) is 0 Å². The van der Waals surface area contributed by atoms with Crippen molar-refractivity contribution < 1.29 is 14.3 Å². The highest BCUT2D eigenvalue weighted by atomic mass is 16.5. The Morgan fingerprint density at radius 1 is 1.35 bits per heavy atom. The Kier molecular flexibility index (Phi) is 4.62. The van der Waals surface area contributed by atoms with Gasteiger partial charge in [0.1, 0.15) is 0 Å². The van der Waals surface area contributed by atoms with Gasteiger partial charge in [-0.3, -0.25) is 14.5 Å². The average molecular weight is 284 g/mol. The monoisotopic (exact) mass is 284 g/mol. The summed E-state index contributed by atoms with van der Waals surface area (Å²) in [5.41, 5.74) is 5.39. The molecule has 2 amide bonds. The molecule has 0 spiro atoms. The summed E-state index contributed by atoms with van der Waals surface area (Å²) in [5.74, 6) is 0.0741. The van der Waals surface area contributed by atoms with Crippen LogP contribution in [0, 0.1) is 5.41 Å². The molecule has 7 heteroatoms. The second-order valence-corrected chi connectivity index (χ2v) is 5.78. The van der Waals surface area contributed by atoms with Crippen molar-refractivity contribution in [1.29, 1.82) is 0 Å². The van der Waals surface area contributed by atoms with E-state index >= 15 is 0 Å². The summed E-state index contributed by atoms with van der Waals surface area (Å²) in [6.45, 7) is 5.81. The third-order valence-corrected chi connectivity index (χ3v) is 4.31. The minimum atomic E-state index is -0.608. The number of nitrogens with zero attached hydrogens (tertiary/aromatic N) is 2. The summed E-state index contributed by atoms with van der Waals surface area (Å²) < 4.78 is 5.34. The topological polar surface area (TPSA) is 87.9 Å². The lowest BCUT2D eigenvalue weighted by Gasteiger charge is -2.38. The first-order valence-corrected chi connectivity index (χ1v) is 7.03. The van der Waals surface area contributed by atoms with Crippen molar-refractivity contribution in [3.05, 3.63) is 0 Å². The van der Waals surface area contributed by atoms with Crippen molar-refractivity contribution in [3.63, 3.8) is 0 Å². The number of carbonyl (C=O) groups excluding carboxylic acids is 2. The summed E-state index contributed by atoms with van der Waals surface area (Å²) in [7, 11) is 1.63. The van der Waals surface area contributed by atoms with E-state index in [1.165, 1.54) is 0 Å². The number of carbonyl (C=O) groups is 2. The van der Waals surface area contributed by atoms with E-state index in [0.717, 1.165) is 0 Å². The van der Waals surface area contributed by atoms with Crippen molar-refractivity contribution in [2.24, 2.45) is 11.1 Å². The maximum atomic E-state index is 12.6. The summed E-state index contributed by atoms with van der Waals surface area (Å²) in [5, 5.41) is 2.61. The van der Waals surface area contributed by atoms with Gasteiger partial charge in [-0.1, -0.05) is 0 Å². The molecule has 2 saturated heterocycles. The number of ether oxygens (including phenoxy) is 1. The van der Waals surface area contributed by atoms with Crippen molar-refractivity contribution in [2.75, 3.05) is 53.0 Å². The van der Waals surface area contributed by atoms with E-state index in [-0.39, 0.29) is 17.9 Å². The smallest absolute Gasteiger partial charge is 0.233 e. The predicted octanol–water partition coefficient (Wildman–Crippen LogP) is -1.76. The van der Waals surface area contributed by atoms with Gasteiger partial charge in [0.05, 0.1) is 25.2 Å². The number of piperazine rings is 1. The molecule has 2 heterocycles. The third-order valence-electron chi connectivity index (χ3n) is 4.31. The first kappa shape index (κ1) is 15.2. The van der Waals surface area contributed by atoms with E-state index in [2.05, 4.69) is 10.2 Å². The molecule has 0 saturated carbocycles. The lowest BCUT2D eigenvalue weighted by molar-refractivity contribution is -0.143. The van der Waals surface area contributed by atoms with Crippen LogP contribution in [-0.4, -0.2) is 80.6 Å². The SMILES string of the molecule is CNC(=O)CN1CCN(C(=O)C2(C)COCC2N)CC1. The lowest BCUT2D eigenvalue weighted by Crippen LogP contribution is -2.57. The molecule has 2 aliphatic rings. The molecular formula is C13H24N4O3. The standard InChI is InChI=1S/C13H24N4O3/c1-13(9-20-8-10(13)14)12(19)17-5-3-16(4-6-17)7-11(18)15-2/h10H,3-9,14H2,1-2H3,(H,15,18). The van der Waals surface area contributed by atoms with E-state index in [1.54, 1.807) is 7.05 Å². The molecule has 20 heavy (non-hydrogen) atoms. The number of nitrogens with two attached hydrogens (primary N) is 1. The highest BCUT2D eigenvalue weighted by Crippen LogP contribution is 2.29. The summed E-state index contributed by atoms with van der Waals surface area (Å²) in [4.78, 5) is 27.8. The minimum absolute atomic E-state index is 0.00273. The van der Waals surface area contributed by atoms with Gasteiger partial charge in [-0.25, -0.2) is 0 Å². The summed E-state index contributed by atoms with van der Waals surface area (Å²) in [6.07, 6.45) is 0. The maximum absolute atomic E-state index is 12.6. The largest absolute Gasteiger partial charge is 0.379 e. The molecule has 114 valence electrons. The van der Waals surface area contributed by atoms with Gasteiger partial charge < -0.3 is 20.7 Å². The summed E-state index contributed by atoms with van der Waals surface area (Å²) in [6, 6.07) is -0.237. The molecule has 0 aromatic carbocycles. The molecule has 3 N–H and O–H groups in total. The van der Waals surface area contributed by atoms with E-state index in [9.17, 15) is 9.59 Å². The van der Waals surface area contributed by atoms with E-state index in [4.69, 9.17) is 10.5 Å². The average Bonchev–Trinajstić information content (AvgIpc) is 2.80. The fraction of sp³-hybridized carbons (Fsp3) is 0.846. The van der Waals surface area contributed by atoms with Crippen LogP contribution in [0.25, 0.3) is 0 Å². The van der Waals surface area contributed by atoms with Crippen LogP contribution >= 0.6 is 0 Å². The second-order valence-electron chi connectivity index (χ2n) is 5.78. The lowest BCUT2D eigenvalue weighted by atomic mass is 9.84. The highest BCUT2D eigenvalue weighted by Gasteiger charge is 2.46. The van der Waals surface area contributed by atoms with Crippen molar-refractivity contribution in [3.8, 4) is 0 Å². The number of amides is 2. The molecule has 0 radical (unpaired) electrons. The Labute approximate surface area is 119 Å². The van der Waals surface area contributed by atoms with Gasteiger partial charge in [-0.15, -0.1) is 0 Å². The molecule has 2 atom stereocenters. The number of hydrogen-bond donors (Lipinski definition) is 2. The van der Waals surface area contributed by atoms with E-state index in [1.807, 2.05) is 11.8 Å². The molecule has 0 aromatic rings. The van der Waals surface area contributed by atoms with Crippen LogP contribution in [0.4, 0.5) is 0 Å². The number of rotatable bonds is 3. The quantitative estimate of drug-likeness (QED) is 0.641. The van der Waals surface area contributed by atoms with Gasteiger partial charge in [0.2, 0.25) is 11.8 Å². The van der Waals surface area contributed by atoms with Crippen LogP contribution in [0.5, 0.6) is 0 Å². The molecule has 2 rings (SSSR count). The van der Waals surface area contributed by atoms with Crippen LogP contribution < -0.4 is 11.1 Å². The minimum Gasteiger partial charge on any atom is -0.379 e. The Morgan fingerprint density at radius 3 is 2.50 bits per heavy atom. The molecular weight excluding hydrogens is 260 g/mol. The summed E-state index contributed by atoms with van der Waals surface area (Å²) >= 11 is 0. The second kappa shape index (κ2) is 6.07. The zero-order chi connectivity index (χ0) is 14.8. The highest BCUT2D eigenvalue weighted by molar-refractivity contribution is 5.84. The Balaban J connectivity index is 1.87. The van der Waals surface area contributed by atoms with E-state index < -0.39 is 5.41 Å². The zero-order valence-electron chi connectivity index (χ0n) is 12.2. The Morgan fingerprint density at radius 2 is 2.00 bits per heavy atom. The van der Waals surface area contributed by atoms with Crippen LogP contribution in [0.1, 0.15) is 6.92 Å². The van der Waals surface area contributed by atoms with Gasteiger partial charge in [0, 0.05) is 39.3 Å². The van der Waals surface area contributed by atoms with Crippen molar-refractivity contribution in [1.82, 2.24) is 15.1 Å². The Hall–Kier alpha value is -1.18. The van der Waals surface area contributed by atoms with Gasteiger partial charge in [-0.05, 0) is 6.92 Å². The van der Waals surface area contributed by atoms with E-state index in [0.29, 0.717) is 45.9 Å². The molecule has 0 aliphatic carbocycles. The number of nitrogens with one attached hydrogen (secondary N) is 1. The molecule has 2 unspecified atom stereocenters. The van der Waals surface area contributed by atoms with Crippen LogP contribution in [0.3, 0.4) is 0 Å². The third kappa shape index (κ3) is 2.94. The maximum Gasteiger partial charge on any atom is 0.233 e. The molecule has 0 aromatic heterocycles. The van der Waals surface area contributed by atoms with Crippen molar-refractivity contribution >= 4 is 11.8 Å². The van der Waals surface area contributed by atoms with Crippen LogP contribution in [-0.2, 0) is 14.3 Å². The van der Waals surface area contributed by atoms with Gasteiger partial charge in [0.25, 0.3) is 0 Å². The zero-order valence-corrected chi connectivity index (χ0v) is 12.2. The van der Waals surface area contributed by atoms with Gasteiger partial charge in [0.15, 0.2) is 0 Å². The molecule has 2 aliphatic heterocycles. The molecule has 7 nitrogen and oxygen atoms in total. The van der Waals surface area contributed by atoms with Gasteiger partial charge >= 0.3 is 0 Å². The normalized spacial score (nSPS) is 31.4. The predicted molar refractivity (Wildman–Crippen MR) is 74.0 cm³/mol. The van der Waals surface area contributed by atoms with Crippen molar-refractivity contribution in [2.45, 2.75) is 13.0 Å².